The molecular weight excluding hydrogens is 258 g/mol. The average molecular weight is 291 g/mol. The van der Waals surface area contributed by atoms with Crippen LogP contribution in [-0.2, 0) is 6.54 Å². The maximum atomic E-state index is 4.43. The maximum Gasteiger partial charge on any atom is 0.0543 e. The zero-order valence-electron chi connectivity index (χ0n) is 14.7. The predicted octanol–water partition coefficient (Wildman–Crippen LogP) is 3.71. The van der Waals surface area contributed by atoms with Gasteiger partial charge < -0.3 is 5.32 Å². The molecule has 1 aromatic heterocycles. The number of nitrogens with zero attached hydrogens (tertiary/aromatic N) is 2. The van der Waals surface area contributed by atoms with E-state index in [9.17, 15) is 0 Å². The fourth-order valence-electron chi connectivity index (χ4n) is 2.63. The fourth-order valence-corrected chi connectivity index (χ4v) is 2.63. The second-order valence-electron chi connectivity index (χ2n) is 7.30. The quantitative estimate of drug-likeness (QED) is 0.791. The molecule has 0 radical (unpaired) electrons. The molecule has 0 spiro atoms. The third kappa shape index (κ3) is 6.58. The van der Waals surface area contributed by atoms with Gasteiger partial charge in [0.05, 0.1) is 5.69 Å². The Morgan fingerprint density at radius 3 is 2.29 bits per heavy atom. The first-order valence-corrected chi connectivity index (χ1v) is 8.14. The van der Waals surface area contributed by atoms with E-state index in [0.717, 1.165) is 25.3 Å². The van der Waals surface area contributed by atoms with Gasteiger partial charge in [0.15, 0.2) is 0 Å². The molecule has 0 saturated carbocycles. The number of pyridine rings is 1. The van der Waals surface area contributed by atoms with Crippen molar-refractivity contribution in [1.82, 2.24) is 15.2 Å². The molecule has 3 nitrogen and oxygen atoms in total. The van der Waals surface area contributed by atoms with E-state index in [-0.39, 0.29) is 5.54 Å². The summed E-state index contributed by atoms with van der Waals surface area (Å²) >= 11 is 0. The Morgan fingerprint density at radius 2 is 1.81 bits per heavy atom. The monoisotopic (exact) mass is 291 g/mol. The van der Waals surface area contributed by atoms with Crippen molar-refractivity contribution in [3.8, 4) is 0 Å². The summed E-state index contributed by atoms with van der Waals surface area (Å²) in [6, 6.07) is 6.13. The Balaban J connectivity index is 2.64. The molecule has 0 bridgehead atoms. The summed E-state index contributed by atoms with van der Waals surface area (Å²) in [6.07, 6.45) is 4.26. The highest BCUT2D eigenvalue weighted by Crippen LogP contribution is 2.27. The Bertz CT molecular complexity index is 391. The van der Waals surface area contributed by atoms with Crippen molar-refractivity contribution in [2.45, 2.75) is 59.5 Å². The fraction of sp³-hybridized carbons (Fsp3) is 0.722. The second-order valence-corrected chi connectivity index (χ2v) is 7.30. The van der Waals surface area contributed by atoms with Crippen molar-refractivity contribution < 1.29 is 0 Å². The summed E-state index contributed by atoms with van der Waals surface area (Å²) in [6.45, 7) is 14.4. The lowest BCUT2D eigenvalue weighted by atomic mass is 9.81. The normalized spacial score (nSPS) is 12.9. The number of rotatable bonds is 8. The van der Waals surface area contributed by atoms with E-state index in [1.54, 1.807) is 0 Å². The molecule has 21 heavy (non-hydrogen) atoms. The van der Waals surface area contributed by atoms with Gasteiger partial charge in [-0.1, -0.05) is 19.9 Å². The van der Waals surface area contributed by atoms with Crippen LogP contribution >= 0.6 is 0 Å². The highest BCUT2D eigenvalue weighted by atomic mass is 15.1. The van der Waals surface area contributed by atoms with Gasteiger partial charge in [-0.25, -0.2) is 0 Å². The molecule has 0 aromatic carbocycles. The Hall–Kier alpha value is -0.930. The predicted molar refractivity (Wildman–Crippen MR) is 91.3 cm³/mol. The van der Waals surface area contributed by atoms with Gasteiger partial charge >= 0.3 is 0 Å². The van der Waals surface area contributed by atoms with E-state index < -0.39 is 0 Å². The minimum atomic E-state index is 0.176. The first kappa shape index (κ1) is 18.1. The Kier molecular flexibility index (Phi) is 6.82. The van der Waals surface area contributed by atoms with Gasteiger partial charge in [-0.15, -0.1) is 0 Å². The van der Waals surface area contributed by atoms with Gasteiger partial charge in [-0.2, -0.15) is 0 Å². The van der Waals surface area contributed by atoms with Crippen LogP contribution in [0.2, 0.25) is 0 Å². The molecule has 0 aliphatic carbocycles. The van der Waals surface area contributed by atoms with Gasteiger partial charge in [-0.05, 0) is 58.2 Å². The van der Waals surface area contributed by atoms with E-state index in [2.05, 4.69) is 69.0 Å². The summed E-state index contributed by atoms with van der Waals surface area (Å²) in [5, 5.41) is 3.69. The highest BCUT2D eigenvalue weighted by molar-refractivity contribution is 5.03. The summed E-state index contributed by atoms with van der Waals surface area (Å²) < 4.78 is 0. The van der Waals surface area contributed by atoms with Crippen LogP contribution in [-0.4, -0.2) is 35.6 Å². The van der Waals surface area contributed by atoms with Gasteiger partial charge in [0.1, 0.15) is 0 Å². The highest BCUT2D eigenvalue weighted by Gasteiger charge is 2.29. The third-order valence-corrected chi connectivity index (χ3v) is 4.26. The molecule has 1 heterocycles. The molecule has 0 aliphatic heterocycles. The largest absolute Gasteiger partial charge is 0.311 e. The van der Waals surface area contributed by atoms with Crippen LogP contribution in [0, 0.1) is 5.41 Å². The van der Waals surface area contributed by atoms with Gasteiger partial charge in [0.25, 0.3) is 0 Å². The molecule has 1 rings (SSSR count). The molecule has 0 amide bonds. The van der Waals surface area contributed by atoms with Crippen molar-refractivity contribution in [3.05, 3.63) is 30.1 Å². The Morgan fingerprint density at radius 1 is 1.14 bits per heavy atom. The number of nitrogens with one attached hydrogen (secondary N) is 1. The molecular formula is C18H33N3. The molecule has 0 aliphatic rings. The number of aromatic nitrogens is 1. The van der Waals surface area contributed by atoms with Crippen molar-refractivity contribution in [2.75, 3.05) is 20.1 Å². The van der Waals surface area contributed by atoms with Crippen LogP contribution < -0.4 is 5.32 Å². The smallest absolute Gasteiger partial charge is 0.0543 e. The summed E-state index contributed by atoms with van der Waals surface area (Å²) in [4.78, 5) is 6.83. The van der Waals surface area contributed by atoms with Crippen LogP contribution in [0.1, 0.15) is 53.2 Å². The van der Waals surface area contributed by atoms with Crippen molar-refractivity contribution in [3.63, 3.8) is 0 Å². The van der Waals surface area contributed by atoms with Crippen LogP contribution in [0.15, 0.2) is 24.4 Å². The molecule has 0 saturated heterocycles. The number of hydrogen-bond acceptors (Lipinski definition) is 3. The molecule has 0 atom stereocenters. The molecule has 1 N–H and O–H groups in total. The van der Waals surface area contributed by atoms with Gasteiger partial charge in [-0.3, -0.25) is 9.88 Å². The zero-order valence-corrected chi connectivity index (χ0v) is 14.7. The number of hydrogen-bond donors (Lipinski definition) is 1. The van der Waals surface area contributed by atoms with Crippen molar-refractivity contribution >= 4 is 0 Å². The molecule has 0 unspecified atom stereocenters. The maximum absolute atomic E-state index is 4.43. The van der Waals surface area contributed by atoms with E-state index in [1.807, 2.05) is 12.3 Å². The standard InChI is InChI=1S/C18H33N3/c1-7-18(8-2,14-20-17(3,4)5)15-21(6)13-16-11-9-10-12-19-16/h9-12,20H,7-8,13-15H2,1-6H3. The lowest BCUT2D eigenvalue weighted by Gasteiger charge is -2.38. The average Bonchev–Trinajstić information content (AvgIpc) is 2.44. The Labute approximate surface area is 131 Å². The SMILES string of the molecule is CCC(CC)(CNC(C)(C)C)CN(C)Cc1ccccn1. The molecule has 1 aromatic rings. The summed E-state index contributed by atoms with van der Waals surface area (Å²) in [7, 11) is 2.20. The van der Waals surface area contributed by atoms with Crippen LogP contribution in [0.25, 0.3) is 0 Å². The van der Waals surface area contributed by atoms with Crippen molar-refractivity contribution in [2.24, 2.45) is 5.41 Å². The molecule has 120 valence electrons. The summed E-state index contributed by atoms with van der Waals surface area (Å²) in [5.74, 6) is 0. The van der Waals surface area contributed by atoms with Crippen LogP contribution in [0.5, 0.6) is 0 Å². The topological polar surface area (TPSA) is 28.2 Å². The van der Waals surface area contributed by atoms with E-state index in [0.29, 0.717) is 5.41 Å². The van der Waals surface area contributed by atoms with Crippen LogP contribution in [0.3, 0.4) is 0 Å². The van der Waals surface area contributed by atoms with E-state index >= 15 is 0 Å². The minimum absolute atomic E-state index is 0.176. The lowest BCUT2D eigenvalue weighted by Crippen LogP contribution is -2.47. The van der Waals surface area contributed by atoms with Gasteiger partial charge in [0, 0.05) is 31.4 Å². The third-order valence-electron chi connectivity index (χ3n) is 4.26. The lowest BCUT2D eigenvalue weighted by molar-refractivity contribution is 0.139. The van der Waals surface area contributed by atoms with E-state index in [4.69, 9.17) is 0 Å². The molecule has 0 fully saturated rings. The first-order valence-electron chi connectivity index (χ1n) is 8.14. The van der Waals surface area contributed by atoms with Crippen molar-refractivity contribution in [1.29, 1.82) is 0 Å². The first-order chi connectivity index (χ1) is 9.80. The van der Waals surface area contributed by atoms with Gasteiger partial charge in [0.2, 0.25) is 0 Å². The minimum Gasteiger partial charge on any atom is -0.311 e. The van der Waals surface area contributed by atoms with Crippen LogP contribution in [0.4, 0.5) is 0 Å². The second kappa shape index (κ2) is 7.90. The van der Waals surface area contributed by atoms with E-state index in [1.165, 1.54) is 12.8 Å². The summed E-state index contributed by atoms with van der Waals surface area (Å²) in [5.41, 5.74) is 1.65. The molecule has 3 heteroatoms. The zero-order chi connectivity index (χ0) is 15.9.